The van der Waals surface area contributed by atoms with Crippen LogP contribution in [0, 0.1) is 5.92 Å². The molecule has 4 atom stereocenters. The maximum absolute atomic E-state index is 12.4. The minimum absolute atomic E-state index is 0.116. The summed E-state index contributed by atoms with van der Waals surface area (Å²) in [7, 11) is 0. The van der Waals surface area contributed by atoms with Crippen LogP contribution in [0.1, 0.15) is 47.0 Å². The Morgan fingerprint density at radius 1 is 1.41 bits per heavy atom. The second kappa shape index (κ2) is 6.89. The molecule has 0 aromatic rings. The lowest BCUT2D eigenvalue weighted by molar-refractivity contribution is -0.238. The summed E-state index contributed by atoms with van der Waals surface area (Å²) in [6.07, 6.45) is 3.08. The zero-order valence-corrected chi connectivity index (χ0v) is 16.1. The van der Waals surface area contributed by atoms with E-state index in [1.54, 1.807) is 33.8 Å². The van der Waals surface area contributed by atoms with E-state index >= 15 is 0 Å². The largest absolute Gasteiger partial charge is 0.457 e. The quantitative estimate of drug-likeness (QED) is 0.571. The highest BCUT2D eigenvalue weighted by molar-refractivity contribution is 5.95. The summed E-state index contributed by atoms with van der Waals surface area (Å²) in [5, 5.41) is 21.5. The number of aliphatic hydroxyl groups excluding tert-OH is 1. The van der Waals surface area contributed by atoms with E-state index in [2.05, 4.69) is 0 Å². The molecule has 0 spiro atoms. The molecule has 148 valence electrons. The number of carbonyl (C=O) groups excluding carboxylic acids is 2. The Morgan fingerprint density at radius 2 is 2.11 bits per heavy atom. The van der Waals surface area contributed by atoms with Crippen LogP contribution < -0.4 is 0 Å². The molecule has 2 N–H and O–H groups in total. The minimum atomic E-state index is -1.34. The number of allylic oxidation sites excluding steroid dienone is 1. The van der Waals surface area contributed by atoms with Crippen LogP contribution in [0.2, 0.25) is 0 Å². The van der Waals surface area contributed by atoms with Crippen LogP contribution in [-0.4, -0.2) is 46.3 Å². The van der Waals surface area contributed by atoms with Gasteiger partial charge in [-0.05, 0) is 39.7 Å². The van der Waals surface area contributed by atoms with Crippen molar-refractivity contribution < 1.29 is 34.0 Å². The molecule has 0 aromatic carbocycles. The van der Waals surface area contributed by atoms with Gasteiger partial charge in [0.15, 0.2) is 5.79 Å². The Bertz CT molecular complexity index is 758. The highest BCUT2D eigenvalue weighted by Gasteiger charge is 2.51. The average Bonchev–Trinajstić information content (AvgIpc) is 3.02. The second-order valence-corrected chi connectivity index (χ2v) is 8.03. The molecule has 0 saturated carbocycles. The summed E-state index contributed by atoms with van der Waals surface area (Å²) in [6, 6.07) is 0. The van der Waals surface area contributed by atoms with Crippen molar-refractivity contribution in [2.24, 2.45) is 5.92 Å². The van der Waals surface area contributed by atoms with Gasteiger partial charge in [0, 0.05) is 24.0 Å². The Labute approximate surface area is 158 Å². The fourth-order valence-electron chi connectivity index (χ4n) is 3.80. The van der Waals surface area contributed by atoms with Crippen molar-refractivity contribution >= 4 is 11.9 Å². The van der Waals surface area contributed by atoms with Crippen LogP contribution in [0.15, 0.2) is 34.6 Å². The molecule has 2 bridgehead atoms. The van der Waals surface area contributed by atoms with Gasteiger partial charge in [-0.1, -0.05) is 12.5 Å². The summed E-state index contributed by atoms with van der Waals surface area (Å²) >= 11 is 0. The van der Waals surface area contributed by atoms with Gasteiger partial charge in [-0.25, -0.2) is 9.59 Å². The molecular formula is C20H26O7. The summed E-state index contributed by atoms with van der Waals surface area (Å²) in [5.74, 6) is -2.71. The van der Waals surface area contributed by atoms with Crippen LogP contribution in [0.3, 0.4) is 0 Å². The zero-order valence-electron chi connectivity index (χ0n) is 16.1. The summed E-state index contributed by atoms with van der Waals surface area (Å²) in [6.45, 7) is 6.84. The molecule has 0 radical (unpaired) electrons. The standard InChI is InChI=1S/C20H26O7/c1-11(2)7-16(22)25-10-13-17-14(21)8-12(3)20(24)6-5-19(4,27-20)9-15(17)26-18(13)23/h7,9,12,14,21,24H,5-6,8,10H2,1-4H3/b15-9+/t12-,14+,19?,20?/m1/s1. The number of rotatable bonds is 3. The fraction of sp³-hybridized carbons (Fsp3) is 0.600. The van der Waals surface area contributed by atoms with E-state index in [0.717, 1.165) is 5.57 Å². The van der Waals surface area contributed by atoms with Crippen molar-refractivity contribution in [2.75, 3.05) is 6.61 Å². The van der Waals surface area contributed by atoms with Crippen molar-refractivity contribution in [2.45, 2.75) is 64.4 Å². The zero-order chi connectivity index (χ0) is 20.0. The van der Waals surface area contributed by atoms with Gasteiger partial charge in [-0.15, -0.1) is 0 Å². The van der Waals surface area contributed by atoms with E-state index in [1.165, 1.54) is 6.08 Å². The molecule has 0 aromatic heterocycles. The van der Waals surface area contributed by atoms with Crippen LogP contribution in [0.5, 0.6) is 0 Å². The van der Waals surface area contributed by atoms with Crippen LogP contribution >= 0.6 is 0 Å². The lowest BCUT2D eigenvalue weighted by atomic mass is 9.86. The SMILES string of the molecule is CC(C)=CC(=O)OCC1=C2/C(=C\C3(C)CCC(O)(O3)[C@H](C)C[C@@H]2O)OC1=O. The van der Waals surface area contributed by atoms with Gasteiger partial charge in [0.05, 0.1) is 17.3 Å². The molecule has 3 aliphatic heterocycles. The number of carbonyl (C=O) groups is 2. The molecule has 3 heterocycles. The highest BCUT2D eigenvalue weighted by atomic mass is 16.6. The first kappa shape index (κ1) is 19.8. The first-order chi connectivity index (χ1) is 12.5. The van der Waals surface area contributed by atoms with E-state index in [4.69, 9.17) is 14.2 Å². The summed E-state index contributed by atoms with van der Waals surface area (Å²) in [4.78, 5) is 24.1. The molecular weight excluding hydrogens is 352 g/mol. The predicted octanol–water partition coefficient (Wildman–Crippen LogP) is 1.89. The third-order valence-corrected chi connectivity index (χ3v) is 5.31. The van der Waals surface area contributed by atoms with E-state index in [1.807, 2.05) is 0 Å². The predicted molar refractivity (Wildman–Crippen MR) is 95.1 cm³/mol. The van der Waals surface area contributed by atoms with Crippen molar-refractivity contribution in [3.8, 4) is 0 Å². The van der Waals surface area contributed by atoms with Gasteiger partial charge in [0.25, 0.3) is 0 Å². The van der Waals surface area contributed by atoms with Crippen molar-refractivity contribution in [1.82, 2.24) is 0 Å². The van der Waals surface area contributed by atoms with Crippen molar-refractivity contribution in [3.05, 3.63) is 34.6 Å². The van der Waals surface area contributed by atoms with Crippen LogP contribution in [0.25, 0.3) is 0 Å². The molecule has 1 saturated heterocycles. The molecule has 2 unspecified atom stereocenters. The number of hydrogen-bond donors (Lipinski definition) is 2. The Balaban J connectivity index is 1.96. The van der Waals surface area contributed by atoms with Gasteiger partial charge < -0.3 is 24.4 Å². The maximum Gasteiger partial charge on any atom is 0.343 e. The Kier molecular flexibility index (Phi) is 5.05. The van der Waals surface area contributed by atoms with Crippen molar-refractivity contribution in [3.63, 3.8) is 0 Å². The number of hydrogen-bond acceptors (Lipinski definition) is 7. The molecule has 3 rings (SSSR count). The molecule has 3 aliphatic rings. The third kappa shape index (κ3) is 3.85. The average molecular weight is 378 g/mol. The second-order valence-electron chi connectivity index (χ2n) is 8.03. The topological polar surface area (TPSA) is 102 Å². The Morgan fingerprint density at radius 3 is 2.78 bits per heavy atom. The van der Waals surface area contributed by atoms with Gasteiger partial charge in [-0.2, -0.15) is 0 Å². The van der Waals surface area contributed by atoms with E-state index in [-0.39, 0.29) is 30.3 Å². The summed E-state index contributed by atoms with van der Waals surface area (Å²) in [5.41, 5.74) is 0.378. The highest BCUT2D eigenvalue weighted by Crippen LogP contribution is 2.47. The minimum Gasteiger partial charge on any atom is -0.457 e. The number of fused-ring (bicyclic) bond motifs is 3. The third-order valence-electron chi connectivity index (χ3n) is 5.31. The fourth-order valence-corrected chi connectivity index (χ4v) is 3.80. The first-order valence-electron chi connectivity index (χ1n) is 9.14. The molecule has 1 fully saturated rings. The lowest BCUT2D eigenvalue weighted by Crippen LogP contribution is -2.39. The van der Waals surface area contributed by atoms with Crippen molar-refractivity contribution in [1.29, 1.82) is 0 Å². The number of esters is 2. The normalized spacial score (nSPS) is 37.4. The summed E-state index contributed by atoms with van der Waals surface area (Å²) < 4.78 is 16.4. The molecule has 27 heavy (non-hydrogen) atoms. The lowest BCUT2D eigenvalue weighted by Gasteiger charge is -2.32. The van der Waals surface area contributed by atoms with E-state index < -0.39 is 29.4 Å². The maximum atomic E-state index is 12.4. The van der Waals surface area contributed by atoms with Gasteiger partial charge in [0.2, 0.25) is 0 Å². The van der Waals surface area contributed by atoms with Crippen LogP contribution in [-0.2, 0) is 23.8 Å². The van der Waals surface area contributed by atoms with Gasteiger partial charge >= 0.3 is 11.9 Å². The Hall–Kier alpha value is -1.96. The first-order valence-corrected chi connectivity index (χ1v) is 9.14. The van der Waals surface area contributed by atoms with Crippen LogP contribution in [0.4, 0.5) is 0 Å². The van der Waals surface area contributed by atoms with Gasteiger partial charge in [0.1, 0.15) is 12.4 Å². The monoisotopic (exact) mass is 378 g/mol. The number of ether oxygens (including phenoxy) is 3. The molecule has 7 heteroatoms. The molecule has 0 aliphatic carbocycles. The number of aliphatic hydroxyl groups is 2. The van der Waals surface area contributed by atoms with E-state index in [0.29, 0.717) is 18.4 Å². The molecule has 7 nitrogen and oxygen atoms in total. The van der Waals surface area contributed by atoms with E-state index in [9.17, 15) is 19.8 Å². The molecule has 0 amide bonds. The van der Waals surface area contributed by atoms with Gasteiger partial charge in [-0.3, -0.25) is 0 Å². The smallest absolute Gasteiger partial charge is 0.343 e.